The van der Waals surface area contributed by atoms with E-state index < -0.39 is 164 Å². The van der Waals surface area contributed by atoms with Gasteiger partial charge in [-0.2, -0.15) is 0 Å². The molecule has 3 aromatic rings. The molecule has 0 aliphatic rings. The van der Waals surface area contributed by atoms with E-state index in [1.54, 1.807) is 55.8 Å². The number of aromatic nitrogens is 1. The summed E-state index contributed by atoms with van der Waals surface area (Å²) in [4.78, 5) is 141. The summed E-state index contributed by atoms with van der Waals surface area (Å²) >= 11 is 0. The van der Waals surface area contributed by atoms with E-state index in [0.717, 1.165) is 23.8 Å². The van der Waals surface area contributed by atoms with Crippen molar-refractivity contribution in [2.45, 2.75) is 116 Å². The molecule has 0 radical (unpaired) electrons. The van der Waals surface area contributed by atoms with Crippen LogP contribution in [0.2, 0.25) is 0 Å². The number of nitrogens with two attached hydrogens (primary N) is 2. The summed E-state index contributed by atoms with van der Waals surface area (Å²) < 4.78 is 31.7. The summed E-state index contributed by atoms with van der Waals surface area (Å²) in [6.45, 7) is 5.45. The molecule has 0 fully saturated rings. The number of aliphatic carboxylic acids is 2. The van der Waals surface area contributed by atoms with Gasteiger partial charge in [0.2, 0.25) is 53.2 Å². The van der Waals surface area contributed by atoms with Crippen LogP contribution in [0.3, 0.4) is 0 Å². The number of carboxylic acid groups (broad SMARTS) is 2. The Morgan fingerprint density at radius 2 is 1.32 bits per heavy atom. The van der Waals surface area contributed by atoms with Crippen LogP contribution < -0.4 is 48.7 Å². The number of nitrogens with one attached hydrogen (secondary N) is 7. The number of amides is 9. The normalized spacial score (nSPS) is 13.4. The fourth-order valence-electron chi connectivity index (χ4n) is 7.88. The van der Waals surface area contributed by atoms with Crippen LogP contribution in [0.25, 0.3) is 11.1 Å². The minimum absolute atomic E-state index is 0.0835. The number of benzene rings is 2. The predicted octanol–water partition coefficient (Wildman–Crippen LogP) is -0.960. The second kappa shape index (κ2) is 30.4. The number of aliphatic hydroxyl groups excluding tert-OH is 1. The number of nitrogens with zero attached hydrogens (tertiary/aromatic N) is 2. The molecule has 2 aromatic carbocycles. The quantitative estimate of drug-likeness (QED) is 0.0345. The van der Waals surface area contributed by atoms with E-state index in [-0.39, 0.29) is 43.6 Å². The van der Waals surface area contributed by atoms with E-state index in [1.165, 1.54) is 18.7 Å². The monoisotopic (exact) mass is 1100 g/mol. The number of hydrogen-bond donors (Lipinski definition) is 12. The Morgan fingerprint density at radius 1 is 0.705 bits per heavy atom. The number of rotatable bonds is 31. The number of primary amides is 1. The highest BCUT2D eigenvalue weighted by Crippen LogP contribution is 2.41. The highest BCUT2D eigenvalue weighted by molar-refractivity contribution is 5.97. The molecule has 0 bridgehead atoms. The van der Waals surface area contributed by atoms with Gasteiger partial charge in [-0.25, -0.2) is 8.78 Å². The van der Waals surface area contributed by atoms with Crippen LogP contribution >= 0.6 is 0 Å². The Kier molecular flexibility index (Phi) is 24.9. The number of halogens is 2. The largest absolute Gasteiger partial charge is 0.481 e. The van der Waals surface area contributed by atoms with Crippen molar-refractivity contribution in [1.29, 1.82) is 0 Å². The van der Waals surface area contributed by atoms with E-state index in [9.17, 15) is 62.2 Å². The van der Waals surface area contributed by atoms with Gasteiger partial charge in [-0.3, -0.25) is 52.7 Å². The molecule has 426 valence electrons. The topological polar surface area (TPSA) is 393 Å². The van der Waals surface area contributed by atoms with Crippen LogP contribution in [0.4, 0.5) is 8.78 Å². The summed E-state index contributed by atoms with van der Waals surface area (Å²) in [7, 11) is 0. The Labute approximate surface area is 448 Å². The molecule has 0 aliphatic heterocycles. The molecular formula is C51H69F2N11O14. The molecule has 3 rings (SSSR count). The van der Waals surface area contributed by atoms with Crippen molar-refractivity contribution in [2.75, 3.05) is 32.8 Å². The van der Waals surface area contributed by atoms with Gasteiger partial charge in [0, 0.05) is 62.0 Å². The van der Waals surface area contributed by atoms with E-state index in [1.807, 2.05) is 12.1 Å². The summed E-state index contributed by atoms with van der Waals surface area (Å²) in [5, 5.41) is 44.9. The summed E-state index contributed by atoms with van der Waals surface area (Å²) in [6.07, 6.45) is -1.01. The predicted molar refractivity (Wildman–Crippen MR) is 275 cm³/mol. The molecular weight excluding hydrogens is 1030 g/mol. The average molecular weight is 1100 g/mol. The zero-order valence-corrected chi connectivity index (χ0v) is 43.9. The molecule has 0 spiro atoms. The van der Waals surface area contributed by atoms with Crippen molar-refractivity contribution in [2.24, 2.45) is 16.9 Å². The van der Waals surface area contributed by atoms with Gasteiger partial charge in [-0.1, -0.05) is 51.1 Å². The third-order valence-electron chi connectivity index (χ3n) is 11.8. The smallest absolute Gasteiger partial charge is 0.320 e. The third-order valence-corrected chi connectivity index (χ3v) is 11.8. The molecule has 25 nitrogen and oxygen atoms in total. The third kappa shape index (κ3) is 21.0. The van der Waals surface area contributed by atoms with Crippen LogP contribution in [0.15, 0.2) is 60.8 Å². The van der Waals surface area contributed by atoms with Crippen molar-refractivity contribution < 1.29 is 76.8 Å². The molecule has 14 N–H and O–H groups in total. The lowest BCUT2D eigenvalue weighted by atomic mass is 9.82. The average Bonchev–Trinajstić information content (AvgIpc) is 3.77. The molecule has 0 saturated carbocycles. The van der Waals surface area contributed by atoms with Gasteiger partial charge in [0.1, 0.15) is 48.5 Å². The van der Waals surface area contributed by atoms with E-state index >= 15 is 4.39 Å². The van der Waals surface area contributed by atoms with Gasteiger partial charge >= 0.3 is 11.9 Å². The molecule has 1 aromatic heterocycles. The second-order valence-electron chi connectivity index (χ2n) is 19.3. The molecule has 78 heavy (non-hydrogen) atoms. The first-order chi connectivity index (χ1) is 36.6. The van der Waals surface area contributed by atoms with Crippen molar-refractivity contribution in [1.82, 2.24) is 46.7 Å². The lowest BCUT2D eigenvalue weighted by Gasteiger charge is -2.41. The Morgan fingerprint density at radius 3 is 1.94 bits per heavy atom. The molecule has 0 unspecified atom stereocenters. The fourth-order valence-corrected chi connectivity index (χ4v) is 7.88. The number of carbonyl (C=O) groups is 11. The first-order valence-corrected chi connectivity index (χ1v) is 24.7. The molecule has 0 aliphatic carbocycles. The summed E-state index contributed by atoms with van der Waals surface area (Å²) in [5.74, 6) is -12.1. The van der Waals surface area contributed by atoms with Gasteiger partial charge in [0.15, 0.2) is 0 Å². The maximum Gasteiger partial charge on any atom is 0.320 e. The maximum atomic E-state index is 15.4. The molecule has 27 heteroatoms. The Bertz CT molecular complexity index is 2650. The first-order valence-electron chi connectivity index (χ1n) is 24.7. The number of aliphatic hydroxyl groups is 1. The zero-order valence-electron chi connectivity index (χ0n) is 43.9. The van der Waals surface area contributed by atoms with Crippen LogP contribution in [0.5, 0.6) is 0 Å². The summed E-state index contributed by atoms with van der Waals surface area (Å²) in [6, 6.07) is 5.13. The molecule has 6 atom stereocenters. The van der Waals surface area contributed by atoms with Crippen LogP contribution in [-0.2, 0) is 59.3 Å². The molecule has 0 saturated heterocycles. The minimum Gasteiger partial charge on any atom is -0.481 e. The van der Waals surface area contributed by atoms with Gasteiger partial charge in [-0.05, 0) is 61.9 Å². The van der Waals surface area contributed by atoms with Gasteiger partial charge in [0.05, 0.1) is 25.4 Å². The fraction of sp³-hybridized carbons (Fsp3) is 0.471. The second-order valence-corrected chi connectivity index (χ2v) is 19.3. The van der Waals surface area contributed by atoms with Crippen LogP contribution in [0.1, 0.15) is 90.4 Å². The van der Waals surface area contributed by atoms with Crippen molar-refractivity contribution in [3.8, 4) is 11.1 Å². The summed E-state index contributed by atoms with van der Waals surface area (Å²) in [5.41, 5.74) is 11.4. The highest BCUT2D eigenvalue weighted by atomic mass is 19.1. The van der Waals surface area contributed by atoms with Crippen LogP contribution in [0, 0.1) is 17.0 Å². The number of carboxylic acids is 2. The lowest BCUT2D eigenvalue weighted by molar-refractivity contribution is -0.140. The Balaban J connectivity index is 1.96. The van der Waals surface area contributed by atoms with Gasteiger partial charge < -0.3 is 73.5 Å². The van der Waals surface area contributed by atoms with Crippen LogP contribution in [-0.4, -0.2) is 153 Å². The lowest BCUT2D eigenvalue weighted by Crippen LogP contribution is -2.58. The van der Waals surface area contributed by atoms with Crippen molar-refractivity contribution in [3.63, 3.8) is 0 Å². The van der Waals surface area contributed by atoms with Gasteiger partial charge in [-0.15, -0.1) is 0 Å². The van der Waals surface area contributed by atoms with E-state index in [4.69, 9.17) is 21.7 Å². The van der Waals surface area contributed by atoms with E-state index in [0.29, 0.717) is 5.69 Å². The molecule has 1 heterocycles. The van der Waals surface area contributed by atoms with Crippen molar-refractivity contribution >= 4 is 65.1 Å². The van der Waals surface area contributed by atoms with Gasteiger partial charge in [0.25, 0.3) is 0 Å². The van der Waals surface area contributed by atoms with Crippen molar-refractivity contribution in [3.05, 3.63) is 83.7 Å². The highest BCUT2D eigenvalue weighted by Gasteiger charge is 2.39. The van der Waals surface area contributed by atoms with E-state index in [2.05, 4.69) is 37.2 Å². The SMILES string of the molecule is C[C@H](NC(=O)CNC(=O)CCC(=O)O)C(=O)N[C@@H](C)C(=O)N[C@@H](CC(N)=O)C(=O)N[C@@H](CCN(C(=O)CO)[C@@H](c1cc(-c2cc(F)ccc2F)cn1Cc1ccccc1)C(C)(C)C)C(=O)NCCNC(=O)CC[C@H](N)C(=O)O. The Hall–Kier alpha value is -8.33. The molecule has 9 amide bonds. The standard InChI is InChI=1S/C51H69F2N11O14/c1-28(59-42(69)24-58-41(68)15-16-44(71)72)46(73)60-29(2)47(74)62-37(23-39(55)66)49(76)61-36(48(75)57-19-18-56-40(67)14-13-35(54)50(77)78)17-20-64(43(70)27-65)45(51(3,4)5)38-21-31(33-22-32(52)11-12-34(33)53)26-63(38)25-30-9-7-6-8-10-30/h6-12,21-22,26,28-29,35-37,45,65H,13-20,23-25,27,54H2,1-5H3,(H2,55,66)(H,56,67)(H,57,75)(H,58,68)(H,59,69)(H,60,73)(H,61,76)(H,62,74)(H,71,72)(H,77,78)/t28-,29-,35-,36-,37-,45-/m0/s1. The number of hydrogen-bond acceptors (Lipinski definition) is 13. The zero-order chi connectivity index (χ0) is 58.4. The minimum atomic E-state index is -1.80. The first kappa shape index (κ1) is 64.0. The number of carbonyl (C=O) groups excluding carboxylic acids is 9. The maximum absolute atomic E-state index is 15.4.